The van der Waals surface area contributed by atoms with Crippen LogP contribution in [0.4, 0.5) is 0 Å². The third-order valence-corrected chi connectivity index (χ3v) is 13.1. The minimum absolute atomic E-state index is 0.0738. The average molecular weight is 693 g/mol. The first-order valence-corrected chi connectivity index (χ1v) is 19.1. The average Bonchev–Trinajstić information content (AvgIpc) is 3.87. The van der Waals surface area contributed by atoms with E-state index in [2.05, 4.69) is 178 Å². The number of rotatable bonds is 4. The Kier molecular flexibility index (Phi) is 6.69. The molecule has 3 aromatic heterocycles. The number of hydrogen-bond donors (Lipinski definition) is 3. The molecule has 0 radical (unpaired) electrons. The molecule has 3 unspecified atom stereocenters. The fourth-order valence-electron chi connectivity index (χ4n) is 8.11. The van der Waals surface area contributed by atoms with Gasteiger partial charge in [-0.25, -0.2) is 0 Å². The van der Waals surface area contributed by atoms with Crippen LogP contribution in [0.5, 0.6) is 0 Å². The highest BCUT2D eigenvalue weighted by Crippen LogP contribution is 2.45. The monoisotopic (exact) mass is 692 g/mol. The van der Waals surface area contributed by atoms with E-state index in [1.165, 1.54) is 84.4 Å². The van der Waals surface area contributed by atoms with Crippen LogP contribution in [-0.4, -0.2) is 4.57 Å². The molecular weight excluding hydrogens is 661 g/mol. The number of hydrogen-bond acceptors (Lipinski definition) is 5. The first kappa shape index (κ1) is 29.4. The number of aromatic nitrogens is 1. The first-order valence-electron chi connectivity index (χ1n) is 17.4. The van der Waals surface area contributed by atoms with Crippen molar-refractivity contribution in [3.8, 4) is 11.1 Å². The van der Waals surface area contributed by atoms with Gasteiger partial charge in [-0.1, -0.05) is 121 Å². The number of nitrogens with zero attached hydrogens (tertiary/aromatic N) is 1. The summed E-state index contributed by atoms with van der Waals surface area (Å²) >= 11 is 3.82. The van der Waals surface area contributed by atoms with Gasteiger partial charge in [0.1, 0.15) is 6.29 Å². The Hall–Kier alpha value is -5.34. The Bertz CT molecular complexity index is 2920. The van der Waals surface area contributed by atoms with E-state index in [4.69, 9.17) is 0 Å². The number of nitrogens with one attached hydrogen (secondary N) is 3. The van der Waals surface area contributed by atoms with Crippen LogP contribution < -0.4 is 16.0 Å². The summed E-state index contributed by atoms with van der Waals surface area (Å²) in [4.78, 5) is 0. The van der Waals surface area contributed by atoms with Crippen LogP contribution in [0.25, 0.3) is 73.3 Å². The van der Waals surface area contributed by atoms with E-state index in [-0.39, 0.29) is 18.6 Å². The third-order valence-electron chi connectivity index (χ3n) is 10.5. The fraction of sp³-hybridized carbons (Fsp3) is 0.0667. The molecule has 244 valence electrons. The standard InChI is InChI=1S/C45H32N4S2/c1-3-11-27(12-4-1)29-19-23-38-35(25-29)31-15-7-9-17-37(31)49(38)45-47-43(28-13-5-2-6-14-28)46-44(48-45)30-20-24-40-36(26-30)34-22-21-33-32-16-8-10-18-39(32)50-41(33)42(34)51-40/h1-26,43-48H. The number of para-hydroxylation sites is 1. The molecule has 6 heteroatoms. The molecule has 7 aromatic carbocycles. The highest BCUT2D eigenvalue weighted by molar-refractivity contribution is 7.33. The van der Waals surface area contributed by atoms with Crippen molar-refractivity contribution in [1.82, 2.24) is 20.5 Å². The lowest BCUT2D eigenvalue weighted by atomic mass is 10.0. The smallest absolute Gasteiger partial charge is 0.142 e. The van der Waals surface area contributed by atoms with Crippen molar-refractivity contribution in [3.05, 3.63) is 169 Å². The van der Waals surface area contributed by atoms with Gasteiger partial charge in [0.15, 0.2) is 0 Å². The van der Waals surface area contributed by atoms with Crippen LogP contribution in [0.2, 0.25) is 0 Å². The van der Waals surface area contributed by atoms with Crippen molar-refractivity contribution in [2.75, 3.05) is 0 Å². The Labute approximate surface area is 302 Å². The highest BCUT2D eigenvalue weighted by Gasteiger charge is 2.31. The first-order chi connectivity index (χ1) is 25.3. The predicted molar refractivity (Wildman–Crippen MR) is 217 cm³/mol. The zero-order valence-corrected chi connectivity index (χ0v) is 29.1. The van der Waals surface area contributed by atoms with Gasteiger partial charge in [0.2, 0.25) is 0 Å². The van der Waals surface area contributed by atoms with Crippen LogP contribution in [0.3, 0.4) is 0 Å². The minimum Gasteiger partial charge on any atom is -0.311 e. The van der Waals surface area contributed by atoms with Crippen LogP contribution in [0.15, 0.2) is 158 Å². The zero-order chi connectivity index (χ0) is 33.5. The Morgan fingerprint density at radius 2 is 1.02 bits per heavy atom. The molecule has 1 aliphatic heterocycles. The Morgan fingerprint density at radius 3 is 1.82 bits per heavy atom. The molecule has 11 rings (SSSR count). The van der Waals surface area contributed by atoms with Crippen LogP contribution >= 0.6 is 22.7 Å². The fourth-order valence-corrected chi connectivity index (χ4v) is 10.6. The second kappa shape index (κ2) is 11.6. The van der Waals surface area contributed by atoms with Crippen molar-refractivity contribution in [3.63, 3.8) is 0 Å². The van der Waals surface area contributed by atoms with Gasteiger partial charge in [0, 0.05) is 41.7 Å². The predicted octanol–water partition coefficient (Wildman–Crippen LogP) is 11.8. The van der Waals surface area contributed by atoms with Gasteiger partial charge in [-0.05, 0) is 58.7 Å². The molecule has 51 heavy (non-hydrogen) atoms. The molecule has 0 amide bonds. The van der Waals surface area contributed by atoms with E-state index in [1.807, 2.05) is 22.7 Å². The van der Waals surface area contributed by atoms with Gasteiger partial charge in [-0.2, -0.15) is 0 Å². The number of fused-ring (bicyclic) bond motifs is 10. The lowest BCUT2D eigenvalue weighted by Crippen LogP contribution is -2.56. The third kappa shape index (κ3) is 4.69. The van der Waals surface area contributed by atoms with E-state index in [9.17, 15) is 0 Å². The Morgan fingerprint density at radius 1 is 0.392 bits per heavy atom. The molecule has 0 spiro atoms. The number of benzene rings is 7. The minimum atomic E-state index is -0.181. The van der Waals surface area contributed by atoms with E-state index in [1.54, 1.807) is 0 Å². The van der Waals surface area contributed by atoms with Crippen molar-refractivity contribution in [2.45, 2.75) is 18.6 Å². The van der Waals surface area contributed by atoms with Gasteiger partial charge in [0.25, 0.3) is 0 Å². The molecule has 0 saturated carbocycles. The van der Waals surface area contributed by atoms with Crippen molar-refractivity contribution < 1.29 is 0 Å². The van der Waals surface area contributed by atoms with E-state index >= 15 is 0 Å². The maximum absolute atomic E-state index is 4.00. The molecular formula is C45H32N4S2. The van der Waals surface area contributed by atoms with Gasteiger partial charge < -0.3 is 4.57 Å². The highest BCUT2D eigenvalue weighted by atomic mass is 32.1. The van der Waals surface area contributed by atoms with Gasteiger partial charge >= 0.3 is 0 Å². The molecule has 10 aromatic rings. The van der Waals surface area contributed by atoms with E-state index < -0.39 is 0 Å². The number of thiophene rings is 2. The normalized spacial score (nSPS) is 18.2. The summed E-state index contributed by atoms with van der Waals surface area (Å²) in [7, 11) is 0. The van der Waals surface area contributed by atoms with E-state index in [0.717, 1.165) is 0 Å². The summed E-state index contributed by atoms with van der Waals surface area (Å²) < 4.78 is 7.88. The van der Waals surface area contributed by atoms with Gasteiger partial charge in [-0.3, -0.25) is 16.0 Å². The lowest BCUT2D eigenvalue weighted by Gasteiger charge is -2.40. The summed E-state index contributed by atoms with van der Waals surface area (Å²) in [5.74, 6) is 0. The summed E-state index contributed by atoms with van der Waals surface area (Å²) in [6, 6.07) is 57.5. The van der Waals surface area contributed by atoms with E-state index in [0.29, 0.717) is 0 Å². The molecule has 3 N–H and O–H groups in total. The van der Waals surface area contributed by atoms with Gasteiger partial charge in [0.05, 0.1) is 32.8 Å². The maximum atomic E-state index is 4.00. The summed E-state index contributed by atoms with van der Waals surface area (Å²) in [5.41, 5.74) is 7.26. The molecule has 4 nitrogen and oxygen atoms in total. The maximum Gasteiger partial charge on any atom is 0.142 e. The SMILES string of the molecule is c1ccc(-c2ccc3c(c2)c2ccccc2n3C2NC(c3ccccc3)NC(c3ccc4sc5c(ccc6c7ccccc7sc65)c4c3)N2)cc1. The summed E-state index contributed by atoms with van der Waals surface area (Å²) in [5, 5.41) is 19.7. The quantitative estimate of drug-likeness (QED) is 0.172. The second-order valence-corrected chi connectivity index (χ2v) is 15.5. The van der Waals surface area contributed by atoms with Crippen molar-refractivity contribution >= 4 is 84.8 Å². The summed E-state index contributed by atoms with van der Waals surface area (Å²) in [6.07, 6.45) is -0.358. The Balaban J connectivity index is 1.05. The molecule has 1 aliphatic rings. The second-order valence-electron chi connectivity index (χ2n) is 13.4. The molecule has 1 fully saturated rings. The molecule has 0 bridgehead atoms. The summed E-state index contributed by atoms with van der Waals surface area (Å²) in [6.45, 7) is 0. The molecule has 1 saturated heterocycles. The van der Waals surface area contributed by atoms with Gasteiger partial charge in [-0.15, -0.1) is 22.7 Å². The molecule has 0 aliphatic carbocycles. The zero-order valence-electron chi connectivity index (χ0n) is 27.5. The largest absolute Gasteiger partial charge is 0.311 e. The molecule has 3 atom stereocenters. The van der Waals surface area contributed by atoms with Crippen LogP contribution in [-0.2, 0) is 0 Å². The van der Waals surface area contributed by atoms with Crippen molar-refractivity contribution in [2.24, 2.45) is 0 Å². The molecule has 4 heterocycles. The van der Waals surface area contributed by atoms with Crippen LogP contribution in [0.1, 0.15) is 29.7 Å². The topological polar surface area (TPSA) is 41.0 Å². The van der Waals surface area contributed by atoms with Crippen LogP contribution in [0, 0.1) is 0 Å². The van der Waals surface area contributed by atoms with Crippen molar-refractivity contribution in [1.29, 1.82) is 0 Å². The lowest BCUT2D eigenvalue weighted by molar-refractivity contribution is 0.161.